The van der Waals surface area contributed by atoms with Gasteiger partial charge < -0.3 is 24.7 Å². The lowest BCUT2D eigenvalue weighted by atomic mass is 10.1. The molecule has 220 valence electrons. The predicted octanol–water partition coefficient (Wildman–Crippen LogP) is 5.48. The van der Waals surface area contributed by atoms with Crippen LogP contribution < -0.4 is 15.4 Å². The molecule has 1 fully saturated rings. The predicted molar refractivity (Wildman–Crippen MR) is 152 cm³/mol. The van der Waals surface area contributed by atoms with Gasteiger partial charge in [0.2, 0.25) is 5.95 Å². The fourth-order valence-corrected chi connectivity index (χ4v) is 5.34. The number of ether oxygens (including phenoxy) is 2. The molecule has 5 aromatic rings. The largest absolute Gasteiger partial charge is 0.450 e. The van der Waals surface area contributed by atoms with E-state index in [9.17, 15) is 13.2 Å². The SMILES string of the molecule is CNc1cn2ncc(Oc3cnc4nc(Nc5ccc(CN6CC[C@H](OC)C6)c(C(F)(F)F)c5)n(C)c4c3Cl)c2cn1. The van der Waals surface area contributed by atoms with Gasteiger partial charge in [-0.15, -0.1) is 0 Å². The van der Waals surface area contributed by atoms with Crippen molar-refractivity contribution in [2.75, 3.05) is 37.9 Å². The minimum absolute atomic E-state index is 0.0346. The summed E-state index contributed by atoms with van der Waals surface area (Å²) in [4.78, 5) is 15.1. The summed E-state index contributed by atoms with van der Waals surface area (Å²) >= 11 is 6.72. The van der Waals surface area contributed by atoms with E-state index in [4.69, 9.17) is 21.1 Å². The van der Waals surface area contributed by atoms with Crippen LogP contribution in [0.4, 0.5) is 30.6 Å². The van der Waals surface area contributed by atoms with Gasteiger partial charge in [0.1, 0.15) is 21.9 Å². The van der Waals surface area contributed by atoms with Gasteiger partial charge in [0.05, 0.1) is 36.5 Å². The first-order valence-corrected chi connectivity index (χ1v) is 13.4. The van der Waals surface area contributed by atoms with Crippen LogP contribution in [0.1, 0.15) is 17.5 Å². The van der Waals surface area contributed by atoms with Crippen molar-refractivity contribution in [3.63, 3.8) is 0 Å². The topological polar surface area (TPSA) is 107 Å². The number of rotatable bonds is 8. The third-order valence-electron chi connectivity index (χ3n) is 7.28. The lowest BCUT2D eigenvalue weighted by Gasteiger charge is -2.20. The number of nitrogens with zero attached hydrogens (tertiary/aromatic N) is 7. The van der Waals surface area contributed by atoms with E-state index in [1.54, 1.807) is 48.7 Å². The third-order valence-corrected chi connectivity index (χ3v) is 7.64. The van der Waals surface area contributed by atoms with E-state index >= 15 is 0 Å². The van der Waals surface area contributed by atoms with Crippen molar-refractivity contribution in [2.24, 2.45) is 7.05 Å². The molecule has 0 spiro atoms. The molecule has 1 atom stereocenters. The fourth-order valence-electron chi connectivity index (χ4n) is 5.04. The Bertz CT molecular complexity index is 1770. The van der Waals surface area contributed by atoms with Crippen LogP contribution in [0.15, 0.2) is 43.0 Å². The number of imidazole rings is 1. The number of aryl methyl sites for hydroxylation is 1. The maximum atomic E-state index is 14.1. The van der Waals surface area contributed by atoms with Crippen molar-refractivity contribution < 1.29 is 22.6 Å². The number of benzene rings is 1. The standard InChI is InChI=1S/C27H27ClF3N9O2/c1-32-22-14-40-19(9-33-22)20(11-35-40)42-21-10-34-25-24(23(21)28)38(2)26(37-25)36-16-5-4-15(18(8-16)27(29,30)31)12-39-7-6-17(13-39)41-3/h4-5,8-11,14,17,32H,6-7,12-13H2,1-3H3,(H,34,36,37)/t17-/m0/s1. The number of halogens is 4. The average Bonchev–Trinajstić information content (AvgIpc) is 3.68. The Morgan fingerprint density at radius 1 is 1.14 bits per heavy atom. The van der Waals surface area contributed by atoms with Gasteiger partial charge >= 0.3 is 6.18 Å². The maximum Gasteiger partial charge on any atom is 0.416 e. The van der Waals surface area contributed by atoms with Crippen LogP contribution in [0, 0.1) is 0 Å². The number of hydrogen-bond donors (Lipinski definition) is 2. The molecule has 0 saturated carbocycles. The van der Waals surface area contributed by atoms with E-state index in [0.29, 0.717) is 41.3 Å². The van der Waals surface area contributed by atoms with Crippen molar-refractivity contribution in [3.05, 3.63) is 59.1 Å². The number of methoxy groups -OCH3 is 1. The normalized spacial score (nSPS) is 16.0. The average molecular weight is 602 g/mol. The summed E-state index contributed by atoms with van der Waals surface area (Å²) in [5, 5.41) is 10.4. The molecule has 0 radical (unpaired) electrons. The van der Waals surface area contributed by atoms with Gasteiger partial charge in [-0.05, 0) is 24.1 Å². The molecular formula is C27H27ClF3N9O2. The Kier molecular flexibility index (Phi) is 7.29. The lowest BCUT2D eigenvalue weighted by Crippen LogP contribution is -2.24. The van der Waals surface area contributed by atoms with Gasteiger partial charge in [-0.1, -0.05) is 17.7 Å². The number of pyridine rings is 1. The summed E-state index contributed by atoms with van der Waals surface area (Å²) in [5.41, 5.74) is 1.08. The summed E-state index contributed by atoms with van der Waals surface area (Å²) in [6.07, 6.45) is 2.60. The third kappa shape index (κ3) is 5.28. The van der Waals surface area contributed by atoms with E-state index in [-0.39, 0.29) is 40.6 Å². The number of hydrogen-bond acceptors (Lipinski definition) is 9. The molecule has 0 amide bonds. The number of likely N-dealkylation sites (tertiary alicyclic amines) is 1. The van der Waals surface area contributed by atoms with Gasteiger partial charge in [0.15, 0.2) is 17.1 Å². The van der Waals surface area contributed by atoms with Crippen molar-refractivity contribution in [2.45, 2.75) is 25.2 Å². The molecule has 0 unspecified atom stereocenters. The Balaban J connectivity index is 1.27. The van der Waals surface area contributed by atoms with Crippen LogP contribution in [0.3, 0.4) is 0 Å². The monoisotopic (exact) mass is 601 g/mol. The molecule has 11 nitrogen and oxygen atoms in total. The van der Waals surface area contributed by atoms with Gasteiger partial charge in [0.25, 0.3) is 0 Å². The fraction of sp³-hybridized carbons (Fsp3) is 0.333. The van der Waals surface area contributed by atoms with Crippen LogP contribution in [-0.2, 0) is 24.5 Å². The Morgan fingerprint density at radius 3 is 2.71 bits per heavy atom. The Morgan fingerprint density at radius 2 is 1.98 bits per heavy atom. The highest BCUT2D eigenvalue weighted by Gasteiger charge is 2.35. The first-order chi connectivity index (χ1) is 20.1. The van der Waals surface area contributed by atoms with Gasteiger partial charge in [-0.3, -0.25) is 4.90 Å². The van der Waals surface area contributed by atoms with Crippen molar-refractivity contribution in [1.82, 2.24) is 34.0 Å². The second-order valence-electron chi connectivity index (χ2n) is 9.94. The molecule has 1 aliphatic heterocycles. The second kappa shape index (κ2) is 10.9. The Labute approximate surface area is 243 Å². The smallest absolute Gasteiger partial charge is 0.416 e. The summed E-state index contributed by atoms with van der Waals surface area (Å²) in [6, 6.07) is 4.20. The number of nitrogens with one attached hydrogen (secondary N) is 2. The molecule has 1 aromatic carbocycles. The van der Waals surface area contributed by atoms with Crippen LogP contribution in [0.25, 0.3) is 16.7 Å². The Hall–Kier alpha value is -4.14. The summed E-state index contributed by atoms with van der Waals surface area (Å²) < 4.78 is 56.8. The number of fused-ring (bicyclic) bond motifs is 2. The van der Waals surface area contributed by atoms with Gasteiger partial charge in [-0.25, -0.2) is 14.5 Å². The van der Waals surface area contributed by atoms with E-state index in [1.807, 2.05) is 4.90 Å². The first-order valence-electron chi connectivity index (χ1n) is 13.1. The van der Waals surface area contributed by atoms with Crippen molar-refractivity contribution >= 4 is 45.7 Å². The highest BCUT2D eigenvalue weighted by atomic mass is 35.5. The molecule has 6 rings (SSSR count). The van der Waals surface area contributed by atoms with Gasteiger partial charge in [-0.2, -0.15) is 23.3 Å². The van der Waals surface area contributed by atoms with Crippen molar-refractivity contribution in [3.8, 4) is 11.5 Å². The lowest BCUT2D eigenvalue weighted by molar-refractivity contribution is -0.138. The van der Waals surface area contributed by atoms with Crippen LogP contribution in [0.2, 0.25) is 5.02 Å². The molecule has 2 N–H and O–H groups in total. The van der Waals surface area contributed by atoms with Crippen LogP contribution in [0.5, 0.6) is 11.5 Å². The van der Waals surface area contributed by atoms with E-state index in [0.717, 1.165) is 12.5 Å². The molecule has 15 heteroatoms. The van der Waals surface area contributed by atoms with E-state index in [2.05, 4.69) is 30.7 Å². The highest BCUT2D eigenvalue weighted by Crippen LogP contribution is 2.38. The summed E-state index contributed by atoms with van der Waals surface area (Å²) in [6.45, 7) is 1.46. The molecule has 42 heavy (non-hydrogen) atoms. The van der Waals surface area contributed by atoms with Crippen LogP contribution in [-0.4, -0.2) is 67.4 Å². The van der Waals surface area contributed by atoms with Gasteiger partial charge in [0, 0.05) is 46.5 Å². The second-order valence-corrected chi connectivity index (χ2v) is 10.3. The molecule has 4 aromatic heterocycles. The number of anilines is 3. The highest BCUT2D eigenvalue weighted by molar-refractivity contribution is 6.36. The molecule has 0 bridgehead atoms. The van der Waals surface area contributed by atoms with E-state index in [1.165, 1.54) is 18.5 Å². The summed E-state index contributed by atoms with van der Waals surface area (Å²) in [5.74, 6) is 1.57. The minimum atomic E-state index is -4.53. The zero-order valence-corrected chi connectivity index (χ0v) is 23.7. The number of aromatic nitrogens is 6. The van der Waals surface area contributed by atoms with Crippen LogP contribution >= 0.6 is 11.6 Å². The molecule has 5 heterocycles. The molecule has 0 aliphatic carbocycles. The zero-order chi connectivity index (χ0) is 29.6. The maximum absolute atomic E-state index is 14.1. The summed E-state index contributed by atoms with van der Waals surface area (Å²) in [7, 11) is 5.06. The van der Waals surface area contributed by atoms with E-state index < -0.39 is 11.7 Å². The zero-order valence-electron chi connectivity index (χ0n) is 22.9. The minimum Gasteiger partial charge on any atom is -0.450 e. The quantitative estimate of drug-likeness (QED) is 0.239. The first kappa shape index (κ1) is 28.0. The molecular weight excluding hydrogens is 575 g/mol. The van der Waals surface area contributed by atoms with Crippen molar-refractivity contribution in [1.29, 1.82) is 0 Å². The molecule has 1 aliphatic rings. The molecule has 1 saturated heterocycles. The number of alkyl halides is 3.